The number of nitrogens with zero attached hydrogens (tertiary/aromatic N) is 1. The second kappa shape index (κ2) is 9.98. The van der Waals surface area contributed by atoms with Gasteiger partial charge in [0.1, 0.15) is 11.5 Å². The normalized spacial score (nSPS) is 13.0. The van der Waals surface area contributed by atoms with Crippen LogP contribution in [0.1, 0.15) is 50.7 Å². The second-order valence-corrected chi connectivity index (χ2v) is 5.69. The van der Waals surface area contributed by atoms with Crippen LogP contribution in [-0.4, -0.2) is 37.7 Å². The molecule has 4 nitrogen and oxygen atoms in total. The summed E-state index contributed by atoms with van der Waals surface area (Å²) in [5, 5.41) is 3.43. The highest BCUT2D eigenvalue weighted by atomic mass is 16.5. The molecule has 0 spiro atoms. The number of methoxy groups -OCH3 is 1. The van der Waals surface area contributed by atoms with E-state index in [1.807, 2.05) is 0 Å². The first-order valence-corrected chi connectivity index (χ1v) is 8.14. The van der Waals surface area contributed by atoms with Gasteiger partial charge >= 0.3 is 0 Å². The number of hydrogen-bond donors (Lipinski definition) is 1. The minimum atomic E-state index is 0.534. The van der Waals surface area contributed by atoms with E-state index < -0.39 is 0 Å². The highest BCUT2D eigenvalue weighted by Gasteiger charge is 2.15. The van der Waals surface area contributed by atoms with Gasteiger partial charge in [-0.15, -0.1) is 0 Å². The maximum Gasteiger partial charge on any atom is 0.118 e. The Morgan fingerprint density at radius 3 is 2.76 bits per heavy atom. The fourth-order valence-electron chi connectivity index (χ4n) is 2.36. The molecule has 122 valence electrons. The van der Waals surface area contributed by atoms with Crippen molar-refractivity contribution in [2.75, 3.05) is 26.8 Å². The number of ether oxygens (including phenoxy) is 1. The zero-order chi connectivity index (χ0) is 15.7. The van der Waals surface area contributed by atoms with Gasteiger partial charge in [0.15, 0.2) is 0 Å². The molecule has 0 saturated carbocycles. The Kier molecular flexibility index (Phi) is 8.66. The fourth-order valence-corrected chi connectivity index (χ4v) is 2.36. The Morgan fingerprint density at radius 1 is 1.38 bits per heavy atom. The second-order valence-electron chi connectivity index (χ2n) is 5.69. The van der Waals surface area contributed by atoms with E-state index in [1.165, 1.54) is 5.56 Å². The van der Waals surface area contributed by atoms with Crippen molar-refractivity contribution in [1.29, 1.82) is 0 Å². The molecular weight excluding hydrogens is 264 g/mol. The average molecular weight is 296 g/mol. The Labute approximate surface area is 129 Å². The third-order valence-corrected chi connectivity index (χ3v) is 3.97. The molecule has 0 saturated heterocycles. The highest BCUT2D eigenvalue weighted by molar-refractivity contribution is 5.20. The van der Waals surface area contributed by atoms with Crippen molar-refractivity contribution in [2.24, 2.45) is 0 Å². The number of furan rings is 1. The van der Waals surface area contributed by atoms with Gasteiger partial charge in [0.05, 0.1) is 13.2 Å². The van der Waals surface area contributed by atoms with Crippen molar-refractivity contribution in [3.05, 3.63) is 23.2 Å². The maximum atomic E-state index is 5.93. The molecule has 0 aromatic carbocycles. The predicted molar refractivity (Wildman–Crippen MR) is 87.5 cm³/mol. The predicted octanol–water partition coefficient (Wildman–Crippen LogP) is 3.33. The summed E-state index contributed by atoms with van der Waals surface area (Å²) in [6.45, 7) is 13.2. The SMILES string of the molecule is CCCNCc1cc(CN(CCOC)C(C)CC)oc1C. The van der Waals surface area contributed by atoms with Gasteiger partial charge in [-0.1, -0.05) is 13.8 Å². The first-order valence-electron chi connectivity index (χ1n) is 8.14. The van der Waals surface area contributed by atoms with Gasteiger partial charge < -0.3 is 14.5 Å². The molecule has 1 aromatic rings. The number of nitrogens with one attached hydrogen (secondary N) is 1. The van der Waals surface area contributed by atoms with Crippen molar-refractivity contribution in [3.8, 4) is 0 Å². The third kappa shape index (κ3) is 6.20. The molecule has 0 radical (unpaired) electrons. The van der Waals surface area contributed by atoms with Gasteiger partial charge in [0.25, 0.3) is 0 Å². The summed E-state index contributed by atoms with van der Waals surface area (Å²) in [7, 11) is 1.75. The topological polar surface area (TPSA) is 37.6 Å². The van der Waals surface area contributed by atoms with E-state index in [9.17, 15) is 0 Å². The molecular formula is C17H32N2O2. The van der Waals surface area contributed by atoms with E-state index in [2.05, 4.69) is 44.0 Å². The fraction of sp³-hybridized carbons (Fsp3) is 0.765. The van der Waals surface area contributed by atoms with Crippen molar-refractivity contribution in [3.63, 3.8) is 0 Å². The molecule has 1 atom stereocenters. The van der Waals surface area contributed by atoms with Crippen LogP contribution >= 0.6 is 0 Å². The number of hydrogen-bond acceptors (Lipinski definition) is 4. The molecule has 0 aliphatic rings. The van der Waals surface area contributed by atoms with Crippen LogP contribution in [0.2, 0.25) is 0 Å². The monoisotopic (exact) mass is 296 g/mol. The number of aryl methyl sites for hydroxylation is 1. The summed E-state index contributed by atoms with van der Waals surface area (Å²) in [6, 6.07) is 2.73. The van der Waals surface area contributed by atoms with Crippen molar-refractivity contribution in [2.45, 2.75) is 59.7 Å². The minimum absolute atomic E-state index is 0.534. The molecule has 1 unspecified atom stereocenters. The van der Waals surface area contributed by atoms with Crippen LogP contribution < -0.4 is 5.32 Å². The molecule has 21 heavy (non-hydrogen) atoms. The summed E-state index contributed by atoms with van der Waals surface area (Å²) >= 11 is 0. The molecule has 1 rings (SSSR count). The lowest BCUT2D eigenvalue weighted by atomic mass is 10.2. The smallest absolute Gasteiger partial charge is 0.118 e. The van der Waals surface area contributed by atoms with Crippen molar-refractivity contribution >= 4 is 0 Å². The lowest BCUT2D eigenvalue weighted by Crippen LogP contribution is -2.34. The summed E-state index contributed by atoms with van der Waals surface area (Å²) < 4.78 is 11.1. The quantitative estimate of drug-likeness (QED) is 0.636. The van der Waals surface area contributed by atoms with Gasteiger partial charge in [-0.05, 0) is 39.3 Å². The van der Waals surface area contributed by atoms with Crippen LogP contribution in [-0.2, 0) is 17.8 Å². The van der Waals surface area contributed by atoms with E-state index in [0.29, 0.717) is 6.04 Å². The molecule has 0 aliphatic heterocycles. The van der Waals surface area contributed by atoms with E-state index in [4.69, 9.17) is 9.15 Å². The van der Waals surface area contributed by atoms with Crippen LogP contribution in [0, 0.1) is 6.92 Å². The van der Waals surface area contributed by atoms with Crippen LogP contribution in [0.5, 0.6) is 0 Å². The first-order chi connectivity index (χ1) is 10.1. The molecule has 0 aliphatic carbocycles. The Bertz CT molecular complexity index is 390. The third-order valence-electron chi connectivity index (χ3n) is 3.97. The van der Waals surface area contributed by atoms with E-state index in [-0.39, 0.29) is 0 Å². The van der Waals surface area contributed by atoms with Crippen LogP contribution in [0.3, 0.4) is 0 Å². The summed E-state index contributed by atoms with van der Waals surface area (Å²) in [4.78, 5) is 2.42. The van der Waals surface area contributed by atoms with Gasteiger partial charge in [0, 0.05) is 31.8 Å². The van der Waals surface area contributed by atoms with Crippen molar-refractivity contribution in [1.82, 2.24) is 10.2 Å². The zero-order valence-corrected chi connectivity index (χ0v) is 14.4. The average Bonchev–Trinajstić information content (AvgIpc) is 2.83. The van der Waals surface area contributed by atoms with E-state index in [0.717, 1.165) is 57.1 Å². The molecule has 1 heterocycles. The molecule has 0 amide bonds. The van der Waals surface area contributed by atoms with Gasteiger partial charge in [0.2, 0.25) is 0 Å². The van der Waals surface area contributed by atoms with E-state index in [1.54, 1.807) is 7.11 Å². The Hall–Kier alpha value is -0.840. The Morgan fingerprint density at radius 2 is 2.14 bits per heavy atom. The van der Waals surface area contributed by atoms with Crippen LogP contribution in [0.15, 0.2) is 10.5 Å². The Balaban J connectivity index is 2.63. The van der Waals surface area contributed by atoms with Crippen LogP contribution in [0.25, 0.3) is 0 Å². The lowest BCUT2D eigenvalue weighted by molar-refractivity contribution is 0.112. The first kappa shape index (κ1) is 18.2. The van der Waals surface area contributed by atoms with Gasteiger partial charge in [-0.2, -0.15) is 0 Å². The summed E-state index contributed by atoms with van der Waals surface area (Å²) in [5.74, 6) is 2.08. The van der Waals surface area contributed by atoms with Crippen LogP contribution in [0.4, 0.5) is 0 Å². The molecule has 1 N–H and O–H groups in total. The largest absolute Gasteiger partial charge is 0.465 e. The van der Waals surface area contributed by atoms with E-state index >= 15 is 0 Å². The standard InChI is InChI=1S/C17H32N2O2/c1-6-8-18-12-16-11-17(21-15(16)4)13-19(9-10-20-5)14(3)7-2/h11,14,18H,6-10,12-13H2,1-5H3. The number of rotatable bonds is 11. The highest BCUT2D eigenvalue weighted by Crippen LogP contribution is 2.18. The molecule has 4 heteroatoms. The molecule has 1 aromatic heterocycles. The summed E-state index contributed by atoms with van der Waals surface area (Å²) in [5.41, 5.74) is 1.27. The molecule has 0 fully saturated rings. The molecule has 0 bridgehead atoms. The van der Waals surface area contributed by atoms with Gasteiger partial charge in [-0.3, -0.25) is 4.90 Å². The lowest BCUT2D eigenvalue weighted by Gasteiger charge is -2.27. The zero-order valence-electron chi connectivity index (χ0n) is 14.4. The summed E-state index contributed by atoms with van der Waals surface area (Å²) in [6.07, 6.45) is 2.29. The van der Waals surface area contributed by atoms with Crippen molar-refractivity contribution < 1.29 is 9.15 Å². The maximum absolute atomic E-state index is 5.93. The minimum Gasteiger partial charge on any atom is -0.465 e. The van der Waals surface area contributed by atoms with Gasteiger partial charge in [-0.25, -0.2) is 0 Å².